The monoisotopic (exact) mass is 595 g/mol. The quantitative estimate of drug-likeness (QED) is 0.0560. The van der Waals surface area contributed by atoms with E-state index >= 15 is 0 Å². The van der Waals surface area contributed by atoms with Crippen LogP contribution in [0.15, 0.2) is 12.2 Å². The van der Waals surface area contributed by atoms with Crippen LogP contribution in [0.4, 0.5) is 0 Å². The molecule has 0 radical (unpaired) electrons. The molecule has 0 spiro atoms. The summed E-state index contributed by atoms with van der Waals surface area (Å²) in [7, 11) is 0. The van der Waals surface area contributed by atoms with Gasteiger partial charge in [-0.15, -0.1) is 0 Å². The molecule has 0 aliphatic heterocycles. The summed E-state index contributed by atoms with van der Waals surface area (Å²) in [6.45, 7) is 5.09. The summed E-state index contributed by atoms with van der Waals surface area (Å²) in [4.78, 5) is 0. The van der Waals surface area contributed by atoms with Crippen LogP contribution in [0, 0.1) is 0 Å². The predicted octanol–water partition coefficient (Wildman–Crippen LogP) is 12.4. The third-order valence-corrected chi connectivity index (χ3v) is 8.95. The molecular formula is C39H78O3. The van der Waals surface area contributed by atoms with Crippen molar-refractivity contribution in [1.82, 2.24) is 0 Å². The number of ether oxygens (including phenoxy) is 1. The van der Waals surface area contributed by atoms with Crippen molar-refractivity contribution >= 4 is 0 Å². The van der Waals surface area contributed by atoms with Gasteiger partial charge in [-0.25, -0.2) is 0 Å². The van der Waals surface area contributed by atoms with Crippen LogP contribution in [0.1, 0.15) is 213 Å². The minimum absolute atomic E-state index is 0.196. The number of hydrogen-bond acceptors (Lipinski definition) is 3. The van der Waals surface area contributed by atoms with E-state index in [1.54, 1.807) is 0 Å². The molecule has 0 saturated heterocycles. The van der Waals surface area contributed by atoms with Gasteiger partial charge in [0, 0.05) is 6.61 Å². The van der Waals surface area contributed by atoms with E-state index in [1.807, 2.05) is 0 Å². The van der Waals surface area contributed by atoms with Crippen LogP contribution < -0.4 is 0 Å². The van der Waals surface area contributed by atoms with Crippen molar-refractivity contribution in [2.75, 3.05) is 13.2 Å². The maximum absolute atomic E-state index is 10.2. The zero-order valence-electron chi connectivity index (χ0n) is 28.9. The Bertz CT molecular complexity index is 506. The van der Waals surface area contributed by atoms with Gasteiger partial charge in [-0.3, -0.25) is 0 Å². The summed E-state index contributed by atoms with van der Waals surface area (Å²) in [5.74, 6) is 0. The third-order valence-electron chi connectivity index (χ3n) is 8.95. The second-order valence-electron chi connectivity index (χ2n) is 13.2. The van der Waals surface area contributed by atoms with Gasteiger partial charge in [-0.05, 0) is 38.5 Å². The maximum atomic E-state index is 10.2. The molecule has 42 heavy (non-hydrogen) atoms. The number of aliphatic hydroxyl groups is 2. The fraction of sp³-hybridized carbons (Fsp3) is 0.949. The average Bonchev–Trinajstić information content (AvgIpc) is 3.00. The molecule has 0 amide bonds. The van der Waals surface area contributed by atoms with E-state index in [1.165, 1.54) is 180 Å². The molecule has 0 saturated carbocycles. The summed E-state index contributed by atoms with van der Waals surface area (Å²) in [5, 5.41) is 19.6. The maximum Gasteiger partial charge on any atom is 0.103 e. The second kappa shape index (κ2) is 36.8. The molecule has 0 aromatic rings. The van der Waals surface area contributed by atoms with Crippen molar-refractivity contribution in [3.8, 4) is 0 Å². The summed E-state index contributed by atoms with van der Waals surface area (Å²) in [6, 6.07) is 0. The molecule has 0 bridgehead atoms. The molecule has 0 aliphatic carbocycles. The van der Waals surface area contributed by atoms with Crippen LogP contribution in [0.25, 0.3) is 0 Å². The fourth-order valence-corrected chi connectivity index (χ4v) is 5.98. The molecule has 0 fully saturated rings. The summed E-state index contributed by atoms with van der Waals surface area (Å²) in [5.41, 5.74) is 0. The van der Waals surface area contributed by atoms with Gasteiger partial charge >= 0.3 is 0 Å². The Morgan fingerprint density at radius 1 is 0.452 bits per heavy atom. The Morgan fingerprint density at radius 2 is 0.786 bits per heavy atom. The Balaban J connectivity index is 3.49. The second-order valence-corrected chi connectivity index (χ2v) is 13.2. The highest BCUT2D eigenvalue weighted by molar-refractivity contribution is 4.81. The van der Waals surface area contributed by atoms with E-state index in [9.17, 15) is 10.2 Å². The van der Waals surface area contributed by atoms with E-state index in [0.29, 0.717) is 6.61 Å². The Kier molecular flexibility index (Phi) is 36.5. The smallest absolute Gasteiger partial charge is 0.103 e. The zero-order chi connectivity index (χ0) is 30.6. The van der Waals surface area contributed by atoms with Crippen LogP contribution in [0.5, 0.6) is 0 Å². The van der Waals surface area contributed by atoms with Crippen molar-refractivity contribution in [1.29, 1.82) is 0 Å². The van der Waals surface area contributed by atoms with Gasteiger partial charge in [0.15, 0.2) is 0 Å². The SMILES string of the molecule is CCCCCCCCC=CCCCCCCCCCCCCC(OCCCCCCCCCCCCCC)C(O)CO. The molecule has 3 heteroatoms. The molecule has 0 rings (SSSR count). The minimum atomic E-state index is -0.738. The Labute approximate surface area is 265 Å². The molecule has 0 aromatic heterocycles. The highest BCUT2D eigenvalue weighted by atomic mass is 16.5. The zero-order valence-corrected chi connectivity index (χ0v) is 28.9. The molecule has 2 N–H and O–H groups in total. The Hall–Kier alpha value is -0.380. The number of unbranched alkanes of at least 4 members (excludes halogenated alkanes) is 27. The van der Waals surface area contributed by atoms with Crippen LogP contribution in [0.3, 0.4) is 0 Å². The van der Waals surface area contributed by atoms with E-state index in [2.05, 4.69) is 26.0 Å². The van der Waals surface area contributed by atoms with Gasteiger partial charge in [0.05, 0.1) is 12.7 Å². The van der Waals surface area contributed by atoms with Crippen molar-refractivity contribution in [2.24, 2.45) is 0 Å². The first-order valence-electron chi connectivity index (χ1n) is 19.3. The van der Waals surface area contributed by atoms with Gasteiger partial charge in [0.1, 0.15) is 6.10 Å². The molecule has 2 unspecified atom stereocenters. The highest BCUT2D eigenvalue weighted by Gasteiger charge is 2.18. The molecule has 3 nitrogen and oxygen atoms in total. The van der Waals surface area contributed by atoms with Crippen molar-refractivity contribution in [2.45, 2.75) is 225 Å². The first-order chi connectivity index (χ1) is 20.8. The van der Waals surface area contributed by atoms with Gasteiger partial charge < -0.3 is 14.9 Å². The van der Waals surface area contributed by atoms with Crippen molar-refractivity contribution in [3.63, 3.8) is 0 Å². The molecule has 0 aromatic carbocycles. The van der Waals surface area contributed by atoms with Gasteiger partial charge in [-0.1, -0.05) is 187 Å². The number of rotatable bonds is 36. The summed E-state index contributed by atoms with van der Waals surface area (Å²) >= 11 is 0. The third kappa shape index (κ3) is 32.5. The first-order valence-corrected chi connectivity index (χ1v) is 19.3. The molecule has 0 aliphatic rings. The lowest BCUT2D eigenvalue weighted by molar-refractivity contribution is -0.0629. The number of aliphatic hydroxyl groups excluding tert-OH is 2. The van der Waals surface area contributed by atoms with E-state index < -0.39 is 6.10 Å². The lowest BCUT2D eigenvalue weighted by Crippen LogP contribution is -2.32. The highest BCUT2D eigenvalue weighted by Crippen LogP contribution is 2.17. The standard InChI is InChI=1S/C39H78O3/c1-3-5-7-9-11-13-15-17-18-19-20-21-22-23-24-25-27-29-31-33-35-39(38(41)37-40)42-36-34-32-30-28-26-16-14-12-10-8-6-4-2/h17-18,38-41H,3-16,19-37H2,1-2H3. The minimum Gasteiger partial charge on any atom is -0.394 e. The van der Waals surface area contributed by atoms with E-state index in [-0.39, 0.29) is 12.7 Å². The van der Waals surface area contributed by atoms with Crippen molar-refractivity contribution in [3.05, 3.63) is 12.2 Å². The van der Waals surface area contributed by atoms with Gasteiger partial charge in [0.2, 0.25) is 0 Å². The first kappa shape index (κ1) is 41.6. The molecule has 252 valence electrons. The number of hydrogen-bond donors (Lipinski definition) is 2. The van der Waals surface area contributed by atoms with Gasteiger partial charge in [0.25, 0.3) is 0 Å². The fourth-order valence-electron chi connectivity index (χ4n) is 5.98. The lowest BCUT2D eigenvalue weighted by Gasteiger charge is -2.22. The van der Waals surface area contributed by atoms with Crippen LogP contribution in [0.2, 0.25) is 0 Å². The molecule has 0 heterocycles. The Morgan fingerprint density at radius 3 is 1.17 bits per heavy atom. The normalized spacial score (nSPS) is 13.3. The van der Waals surface area contributed by atoms with Crippen LogP contribution in [-0.4, -0.2) is 35.6 Å². The number of allylic oxidation sites excluding steroid dienone is 2. The average molecular weight is 595 g/mol. The van der Waals surface area contributed by atoms with E-state index in [4.69, 9.17) is 4.74 Å². The topological polar surface area (TPSA) is 49.7 Å². The summed E-state index contributed by atoms with van der Waals surface area (Å²) < 4.78 is 6.01. The lowest BCUT2D eigenvalue weighted by atomic mass is 10.0. The van der Waals surface area contributed by atoms with Crippen molar-refractivity contribution < 1.29 is 14.9 Å². The van der Waals surface area contributed by atoms with Crippen LogP contribution in [-0.2, 0) is 4.74 Å². The van der Waals surface area contributed by atoms with Gasteiger partial charge in [-0.2, -0.15) is 0 Å². The largest absolute Gasteiger partial charge is 0.394 e. The predicted molar refractivity (Wildman–Crippen MR) is 186 cm³/mol. The molecule has 2 atom stereocenters. The molecular weight excluding hydrogens is 516 g/mol. The summed E-state index contributed by atoms with van der Waals surface area (Å²) in [6.07, 6.45) is 44.9. The van der Waals surface area contributed by atoms with E-state index in [0.717, 1.165) is 19.3 Å². The van der Waals surface area contributed by atoms with Crippen LogP contribution >= 0.6 is 0 Å².